The minimum atomic E-state index is -0.250. The summed E-state index contributed by atoms with van der Waals surface area (Å²) in [6.45, 7) is 5.71. The van der Waals surface area contributed by atoms with E-state index in [0.717, 1.165) is 19.4 Å². The summed E-state index contributed by atoms with van der Waals surface area (Å²) in [7, 11) is 0. The first-order chi connectivity index (χ1) is 8.81. The summed E-state index contributed by atoms with van der Waals surface area (Å²) in [6, 6.07) is 0. The van der Waals surface area contributed by atoms with E-state index in [4.69, 9.17) is 4.74 Å². The summed E-state index contributed by atoms with van der Waals surface area (Å²) >= 11 is 0. The largest absolute Gasteiger partial charge is 0.450 e. The van der Waals surface area contributed by atoms with Crippen molar-refractivity contribution in [2.24, 2.45) is 0 Å². The van der Waals surface area contributed by atoms with Gasteiger partial charge in [0, 0.05) is 6.54 Å². The zero-order valence-corrected chi connectivity index (χ0v) is 12.3. The number of nitrogens with one attached hydrogen (secondary N) is 1. The minimum Gasteiger partial charge on any atom is -0.450 e. The summed E-state index contributed by atoms with van der Waals surface area (Å²) in [4.78, 5) is 11.3. The van der Waals surface area contributed by atoms with Crippen molar-refractivity contribution >= 4 is 6.09 Å². The lowest BCUT2D eigenvalue weighted by molar-refractivity contribution is 0.143. The molecule has 0 aromatic rings. The zero-order valence-electron chi connectivity index (χ0n) is 12.3. The second-order valence-corrected chi connectivity index (χ2v) is 4.89. The first-order valence-electron chi connectivity index (χ1n) is 7.71. The molecule has 0 rings (SSSR count). The lowest BCUT2D eigenvalue weighted by Crippen LogP contribution is -2.25. The van der Waals surface area contributed by atoms with E-state index >= 15 is 0 Å². The van der Waals surface area contributed by atoms with Crippen molar-refractivity contribution in [2.75, 3.05) is 13.2 Å². The molecule has 0 aliphatic carbocycles. The molecule has 0 atom stereocenters. The Hall–Kier alpha value is -0.730. The Morgan fingerprint density at radius 2 is 1.39 bits per heavy atom. The molecule has 18 heavy (non-hydrogen) atoms. The van der Waals surface area contributed by atoms with Crippen LogP contribution in [-0.2, 0) is 4.74 Å². The predicted octanol–water partition coefficient (Wildman–Crippen LogP) is 4.65. The fourth-order valence-electron chi connectivity index (χ4n) is 1.84. The van der Waals surface area contributed by atoms with E-state index in [2.05, 4.69) is 19.2 Å². The summed E-state index contributed by atoms with van der Waals surface area (Å²) in [5.41, 5.74) is 0. The van der Waals surface area contributed by atoms with Gasteiger partial charge >= 0.3 is 6.09 Å². The molecule has 3 nitrogen and oxygen atoms in total. The first kappa shape index (κ1) is 17.3. The number of unbranched alkanes of at least 4 members (excludes halogenated alkanes) is 8. The van der Waals surface area contributed by atoms with Crippen LogP contribution < -0.4 is 5.32 Å². The molecule has 0 saturated heterocycles. The molecule has 3 heteroatoms. The average Bonchev–Trinajstić information content (AvgIpc) is 2.37. The van der Waals surface area contributed by atoms with Crippen LogP contribution in [0.3, 0.4) is 0 Å². The van der Waals surface area contributed by atoms with Crippen molar-refractivity contribution < 1.29 is 9.53 Å². The zero-order chi connectivity index (χ0) is 13.5. The van der Waals surface area contributed by atoms with Crippen LogP contribution in [0.4, 0.5) is 4.79 Å². The van der Waals surface area contributed by atoms with E-state index in [0.29, 0.717) is 6.61 Å². The van der Waals surface area contributed by atoms with E-state index in [1.165, 1.54) is 51.4 Å². The molecule has 0 spiro atoms. The van der Waals surface area contributed by atoms with Gasteiger partial charge in [-0.2, -0.15) is 0 Å². The number of carbonyl (C=O) groups excluding carboxylic acids is 1. The number of rotatable bonds is 12. The molecule has 108 valence electrons. The average molecular weight is 257 g/mol. The van der Waals surface area contributed by atoms with Crippen molar-refractivity contribution in [3.8, 4) is 0 Å². The molecule has 1 amide bonds. The standard InChI is InChI=1S/C15H31NO2/c1-3-5-7-9-10-12-14-18-15(17)16-13-11-8-6-4-2/h3-14H2,1-2H3,(H,16,17). The summed E-state index contributed by atoms with van der Waals surface area (Å²) in [5, 5.41) is 2.79. The molecule has 0 unspecified atom stereocenters. The van der Waals surface area contributed by atoms with Gasteiger partial charge < -0.3 is 10.1 Å². The predicted molar refractivity (Wildman–Crippen MR) is 76.9 cm³/mol. The van der Waals surface area contributed by atoms with Gasteiger partial charge in [0.1, 0.15) is 0 Å². The van der Waals surface area contributed by atoms with Crippen LogP contribution in [0.25, 0.3) is 0 Å². The van der Waals surface area contributed by atoms with E-state index in [1.54, 1.807) is 0 Å². The number of ether oxygens (including phenoxy) is 1. The van der Waals surface area contributed by atoms with Gasteiger partial charge in [-0.1, -0.05) is 65.2 Å². The van der Waals surface area contributed by atoms with Crippen LogP contribution >= 0.6 is 0 Å². The van der Waals surface area contributed by atoms with E-state index in [9.17, 15) is 4.79 Å². The molecule has 0 aliphatic heterocycles. The smallest absolute Gasteiger partial charge is 0.407 e. The van der Waals surface area contributed by atoms with Crippen molar-refractivity contribution in [2.45, 2.75) is 78.1 Å². The fraction of sp³-hybridized carbons (Fsp3) is 0.933. The maximum Gasteiger partial charge on any atom is 0.407 e. The van der Waals surface area contributed by atoms with Gasteiger partial charge in [0.25, 0.3) is 0 Å². The first-order valence-corrected chi connectivity index (χ1v) is 7.71. The van der Waals surface area contributed by atoms with E-state index < -0.39 is 0 Å². The fourth-order valence-corrected chi connectivity index (χ4v) is 1.84. The highest BCUT2D eigenvalue weighted by atomic mass is 16.5. The van der Waals surface area contributed by atoms with E-state index in [-0.39, 0.29) is 6.09 Å². The van der Waals surface area contributed by atoms with Gasteiger partial charge in [-0.25, -0.2) is 4.79 Å². The van der Waals surface area contributed by atoms with Crippen LogP contribution in [0.5, 0.6) is 0 Å². The van der Waals surface area contributed by atoms with Crippen LogP contribution in [0.1, 0.15) is 78.1 Å². The summed E-state index contributed by atoms with van der Waals surface area (Å²) in [5.74, 6) is 0. The Bertz CT molecular complexity index is 183. The maximum atomic E-state index is 11.3. The van der Waals surface area contributed by atoms with Crippen LogP contribution in [0, 0.1) is 0 Å². The normalized spacial score (nSPS) is 10.3. The minimum absolute atomic E-state index is 0.250. The van der Waals surface area contributed by atoms with Gasteiger partial charge in [-0.15, -0.1) is 0 Å². The third-order valence-electron chi connectivity index (χ3n) is 3.03. The SMILES string of the molecule is CCCCCCCCOC(=O)NCCCCCC. The second-order valence-electron chi connectivity index (χ2n) is 4.89. The maximum absolute atomic E-state index is 11.3. The Balaban J connectivity index is 3.12. The summed E-state index contributed by atoms with van der Waals surface area (Å²) in [6.07, 6.45) is 11.8. The monoisotopic (exact) mass is 257 g/mol. The van der Waals surface area contributed by atoms with Gasteiger partial charge in [0.05, 0.1) is 6.61 Å². The van der Waals surface area contributed by atoms with Gasteiger partial charge in [-0.05, 0) is 12.8 Å². The molecule has 0 heterocycles. The molecule has 0 bridgehead atoms. The lowest BCUT2D eigenvalue weighted by Gasteiger charge is -2.06. The number of alkyl carbamates (subject to hydrolysis) is 1. The third-order valence-corrected chi connectivity index (χ3v) is 3.03. The van der Waals surface area contributed by atoms with E-state index in [1.807, 2.05) is 0 Å². The molecule has 0 saturated carbocycles. The van der Waals surface area contributed by atoms with Crippen molar-refractivity contribution in [3.63, 3.8) is 0 Å². The number of carbonyl (C=O) groups is 1. The number of amides is 1. The van der Waals surface area contributed by atoms with Gasteiger partial charge in [0.2, 0.25) is 0 Å². The molecular formula is C15H31NO2. The van der Waals surface area contributed by atoms with Crippen LogP contribution in [-0.4, -0.2) is 19.2 Å². The van der Waals surface area contributed by atoms with Crippen LogP contribution in [0.2, 0.25) is 0 Å². The third kappa shape index (κ3) is 13.3. The van der Waals surface area contributed by atoms with Crippen molar-refractivity contribution in [3.05, 3.63) is 0 Å². The summed E-state index contributed by atoms with van der Waals surface area (Å²) < 4.78 is 5.11. The van der Waals surface area contributed by atoms with Crippen molar-refractivity contribution in [1.82, 2.24) is 5.32 Å². The van der Waals surface area contributed by atoms with Crippen molar-refractivity contribution in [1.29, 1.82) is 0 Å². The second kappa shape index (κ2) is 14.3. The number of hydrogen-bond acceptors (Lipinski definition) is 2. The van der Waals surface area contributed by atoms with Gasteiger partial charge in [0.15, 0.2) is 0 Å². The molecule has 0 aromatic heterocycles. The van der Waals surface area contributed by atoms with Gasteiger partial charge in [-0.3, -0.25) is 0 Å². The lowest BCUT2D eigenvalue weighted by atomic mass is 10.1. The molecule has 0 fully saturated rings. The molecular weight excluding hydrogens is 226 g/mol. The highest BCUT2D eigenvalue weighted by molar-refractivity contribution is 5.66. The van der Waals surface area contributed by atoms with Crippen LogP contribution in [0.15, 0.2) is 0 Å². The highest BCUT2D eigenvalue weighted by Gasteiger charge is 2.00. The highest BCUT2D eigenvalue weighted by Crippen LogP contribution is 2.04. The molecule has 0 aromatic carbocycles. The Morgan fingerprint density at radius 1 is 0.833 bits per heavy atom. The Morgan fingerprint density at radius 3 is 2.06 bits per heavy atom. The Labute approximate surface area is 113 Å². The quantitative estimate of drug-likeness (QED) is 0.517. The molecule has 0 radical (unpaired) electrons. The number of hydrogen-bond donors (Lipinski definition) is 1. The molecule has 0 aliphatic rings. The topological polar surface area (TPSA) is 38.3 Å². The Kier molecular flexibility index (Phi) is 13.8. The molecule has 1 N–H and O–H groups in total.